The van der Waals surface area contributed by atoms with E-state index in [2.05, 4.69) is 18.8 Å². The van der Waals surface area contributed by atoms with Crippen LogP contribution in [-0.4, -0.2) is 11.0 Å². The Kier molecular flexibility index (Phi) is 1.67. The number of hydrogen-bond donors (Lipinski definition) is 1. The van der Waals surface area contributed by atoms with Crippen molar-refractivity contribution in [1.82, 2.24) is 4.98 Å². The van der Waals surface area contributed by atoms with Crippen molar-refractivity contribution in [2.75, 3.05) is 0 Å². The van der Waals surface area contributed by atoms with Crippen LogP contribution in [0, 0.1) is 11.4 Å². The van der Waals surface area contributed by atoms with Crippen LogP contribution in [0.2, 0.25) is 0 Å². The van der Waals surface area contributed by atoms with Crippen molar-refractivity contribution in [3.63, 3.8) is 0 Å². The van der Waals surface area contributed by atoms with Crippen molar-refractivity contribution in [1.29, 1.82) is 0 Å². The van der Waals surface area contributed by atoms with Gasteiger partial charge in [-0.1, -0.05) is 19.9 Å². The Balaban J connectivity index is 2.34. The first kappa shape index (κ1) is 8.63. The molecule has 1 aliphatic carbocycles. The molecule has 2 atom stereocenters. The standard InChI is InChI=1S/C10H13FN2/c1-10(2)7(8(10)12)6-4-3-5-13-9(6)11/h3-5,7-8H,12H2,1-2H3/t7-,8-/m0/s1. The van der Waals surface area contributed by atoms with Gasteiger partial charge in [0.25, 0.3) is 0 Å². The van der Waals surface area contributed by atoms with E-state index in [4.69, 9.17) is 5.73 Å². The molecule has 0 aromatic carbocycles. The van der Waals surface area contributed by atoms with Crippen molar-refractivity contribution in [2.45, 2.75) is 25.8 Å². The van der Waals surface area contributed by atoms with Crippen LogP contribution < -0.4 is 5.73 Å². The molecule has 1 aliphatic rings. The molecule has 1 fully saturated rings. The van der Waals surface area contributed by atoms with Crippen LogP contribution in [0.5, 0.6) is 0 Å². The summed E-state index contributed by atoms with van der Waals surface area (Å²) >= 11 is 0. The Morgan fingerprint density at radius 3 is 2.62 bits per heavy atom. The predicted molar refractivity (Wildman–Crippen MR) is 48.7 cm³/mol. The van der Waals surface area contributed by atoms with Gasteiger partial charge in [0.2, 0.25) is 5.95 Å². The summed E-state index contributed by atoms with van der Waals surface area (Å²) in [6.45, 7) is 4.10. The smallest absolute Gasteiger partial charge is 0.216 e. The number of nitrogens with zero attached hydrogens (tertiary/aromatic N) is 1. The zero-order valence-electron chi connectivity index (χ0n) is 7.79. The molecular weight excluding hydrogens is 167 g/mol. The van der Waals surface area contributed by atoms with Gasteiger partial charge in [-0.25, -0.2) is 4.98 Å². The highest BCUT2D eigenvalue weighted by atomic mass is 19.1. The molecule has 0 amide bonds. The number of rotatable bonds is 1. The Labute approximate surface area is 77.0 Å². The lowest BCUT2D eigenvalue weighted by molar-refractivity contribution is 0.545. The highest BCUT2D eigenvalue weighted by Crippen LogP contribution is 2.57. The van der Waals surface area contributed by atoms with Crippen LogP contribution in [0.15, 0.2) is 18.3 Å². The molecular formula is C10H13FN2. The van der Waals surface area contributed by atoms with Crippen LogP contribution in [-0.2, 0) is 0 Å². The minimum absolute atomic E-state index is 0.0177. The molecule has 0 saturated heterocycles. The molecule has 0 bridgehead atoms. The van der Waals surface area contributed by atoms with Gasteiger partial charge >= 0.3 is 0 Å². The molecule has 2 N–H and O–H groups in total. The third kappa shape index (κ3) is 1.15. The van der Waals surface area contributed by atoms with Crippen molar-refractivity contribution in [3.05, 3.63) is 29.8 Å². The van der Waals surface area contributed by atoms with Crippen LogP contribution in [0.3, 0.4) is 0 Å². The van der Waals surface area contributed by atoms with Crippen molar-refractivity contribution in [3.8, 4) is 0 Å². The molecule has 0 unspecified atom stereocenters. The van der Waals surface area contributed by atoms with Gasteiger partial charge in [0, 0.05) is 23.7 Å². The van der Waals surface area contributed by atoms with Gasteiger partial charge in [0.05, 0.1) is 0 Å². The maximum absolute atomic E-state index is 13.2. The number of hydrogen-bond acceptors (Lipinski definition) is 2. The average Bonchev–Trinajstić information content (AvgIpc) is 2.54. The summed E-state index contributed by atoms with van der Waals surface area (Å²) in [5, 5.41) is 0. The Morgan fingerprint density at radius 1 is 1.54 bits per heavy atom. The van der Waals surface area contributed by atoms with Crippen molar-refractivity contribution >= 4 is 0 Å². The monoisotopic (exact) mass is 180 g/mol. The molecule has 0 aliphatic heterocycles. The van der Waals surface area contributed by atoms with Gasteiger partial charge in [-0.3, -0.25) is 0 Å². The van der Waals surface area contributed by atoms with Crippen LogP contribution in [0.1, 0.15) is 25.3 Å². The van der Waals surface area contributed by atoms with Gasteiger partial charge in [-0.05, 0) is 11.5 Å². The summed E-state index contributed by atoms with van der Waals surface area (Å²) in [5.41, 5.74) is 6.52. The molecule has 2 nitrogen and oxygen atoms in total. The average molecular weight is 180 g/mol. The fourth-order valence-electron chi connectivity index (χ4n) is 1.90. The Morgan fingerprint density at radius 2 is 2.15 bits per heavy atom. The first-order valence-electron chi connectivity index (χ1n) is 4.41. The van der Waals surface area contributed by atoms with Crippen molar-refractivity contribution < 1.29 is 4.39 Å². The number of halogens is 1. The fourth-order valence-corrected chi connectivity index (χ4v) is 1.90. The molecule has 2 rings (SSSR count). The maximum Gasteiger partial charge on any atom is 0.216 e. The van der Waals surface area contributed by atoms with E-state index >= 15 is 0 Å². The molecule has 1 saturated carbocycles. The quantitative estimate of drug-likeness (QED) is 0.668. The molecule has 0 spiro atoms. The van der Waals surface area contributed by atoms with E-state index in [0.717, 1.165) is 0 Å². The largest absolute Gasteiger partial charge is 0.327 e. The molecule has 3 heteroatoms. The van der Waals surface area contributed by atoms with Crippen molar-refractivity contribution in [2.24, 2.45) is 11.1 Å². The highest BCUT2D eigenvalue weighted by molar-refractivity contribution is 5.32. The third-order valence-corrected chi connectivity index (χ3v) is 3.03. The zero-order chi connectivity index (χ0) is 9.64. The second kappa shape index (κ2) is 2.51. The lowest BCUT2D eigenvalue weighted by Gasteiger charge is -2.02. The fraction of sp³-hybridized carbons (Fsp3) is 0.500. The Hall–Kier alpha value is -0.960. The summed E-state index contributed by atoms with van der Waals surface area (Å²) in [5.74, 6) is -0.255. The van der Waals surface area contributed by atoms with Gasteiger partial charge in [0.1, 0.15) is 0 Å². The van der Waals surface area contributed by atoms with E-state index in [1.54, 1.807) is 12.1 Å². The summed E-state index contributed by atoms with van der Waals surface area (Å²) in [4.78, 5) is 3.62. The first-order chi connectivity index (χ1) is 6.05. The molecule has 13 heavy (non-hydrogen) atoms. The minimum Gasteiger partial charge on any atom is -0.327 e. The predicted octanol–water partition coefficient (Wildman–Crippen LogP) is 1.67. The summed E-state index contributed by atoms with van der Waals surface area (Å²) < 4.78 is 13.2. The van der Waals surface area contributed by atoms with E-state index in [-0.39, 0.29) is 23.3 Å². The van der Waals surface area contributed by atoms with E-state index < -0.39 is 0 Å². The van der Waals surface area contributed by atoms with Gasteiger partial charge in [-0.2, -0.15) is 4.39 Å². The highest BCUT2D eigenvalue weighted by Gasteiger charge is 2.57. The van der Waals surface area contributed by atoms with Gasteiger partial charge in [-0.15, -0.1) is 0 Å². The normalized spacial score (nSPS) is 30.2. The van der Waals surface area contributed by atoms with Gasteiger partial charge < -0.3 is 5.73 Å². The maximum atomic E-state index is 13.2. The lowest BCUT2D eigenvalue weighted by atomic mass is 10.0. The summed E-state index contributed by atoms with van der Waals surface area (Å²) in [7, 11) is 0. The molecule has 0 radical (unpaired) electrons. The molecule has 1 aromatic heterocycles. The molecule has 70 valence electrons. The minimum atomic E-state index is -0.381. The molecule has 1 aromatic rings. The number of nitrogens with two attached hydrogens (primary N) is 1. The lowest BCUT2D eigenvalue weighted by Crippen LogP contribution is -2.06. The van der Waals surface area contributed by atoms with E-state index in [1.165, 1.54) is 6.20 Å². The molecule has 1 heterocycles. The summed E-state index contributed by atoms with van der Waals surface area (Å²) in [6.07, 6.45) is 1.46. The number of pyridine rings is 1. The van der Waals surface area contributed by atoms with E-state index in [1.807, 2.05) is 0 Å². The Bertz CT molecular complexity index is 335. The number of aromatic nitrogens is 1. The SMILES string of the molecule is CC1(C)[C@@H](N)[C@@H]1c1cccnc1F. The second-order valence-electron chi connectivity index (χ2n) is 4.21. The van der Waals surface area contributed by atoms with Crippen LogP contribution >= 0.6 is 0 Å². The zero-order valence-corrected chi connectivity index (χ0v) is 7.79. The van der Waals surface area contributed by atoms with E-state index in [0.29, 0.717) is 5.56 Å². The first-order valence-corrected chi connectivity index (χ1v) is 4.41. The second-order valence-corrected chi connectivity index (χ2v) is 4.21. The van der Waals surface area contributed by atoms with E-state index in [9.17, 15) is 4.39 Å². The third-order valence-electron chi connectivity index (χ3n) is 3.03. The van der Waals surface area contributed by atoms with Gasteiger partial charge in [0.15, 0.2) is 0 Å². The summed E-state index contributed by atoms with van der Waals surface area (Å²) in [6, 6.07) is 3.58. The topological polar surface area (TPSA) is 38.9 Å². The van der Waals surface area contributed by atoms with Crippen LogP contribution in [0.4, 0.5) is 4.39 Å². The van der Waals surface area contributed by atoms with Crippen LogP contribution in [0.25, 0.3) is 0 Å².